The summed E-state index contributed by atoms with van der Waals surface area (Å²) < 4.78 is 13.0. The van der Waals surface area contributed by atoms with E-state index >= 15 is 0 Å². The Morgan fingerprint density at radius 1 is 1.19 bits per heavy atom. The van der Waals surface area contributed by atoms with Gasteiger partial charge in [-0.3, -0.25) is 4.79 Å². The van der Waals surface area contributed by atoms with Crippen molar-refractivity contribution in [3.63, 3.8) is 0 Å². The summed E-state index contributed by atoms with van der Waals surface area (Å²) in [5, 5.41) is 0. The largest absolute Gasteiger partial charge is 0.342 e. The van der Waals surface area contributed by atoms with E-state index < -0.39 is 0 Å². The number of nitrogens with two attached hydrogens (primary N) is 1. The fourth-order valence-corrected chi connectivity index (χ4v) is 3.56. The summed E-state index contributed by atoms with van der Waals surface area (Å²) in [6, 6.07) is 16.1. The Kier molecular flexibility index (Phi) is 7.18. The van der Waals surface area contributed by atoms with E-state index in [-0.39, 0.29) is 36.1 Å². The van der Waals surface area contributed by atoms with E-state index in [4.69, 9.17) is 5.73 Å². The van der Waals surface area contributed by atoms with Gasteiger partial charge < -0.3 is 10.6 Å². The molecule has 140 valence electrons. The zero-order chi connectivity index (χ0) is 17.8. The molecule has 1 fully saturated rings. The van der Waals surface area contributed by atoms with E-state index in [0.29, 0.717) is 5.92 Å². The molecule has 0 bridgehead atoms. The number of likely N-dealkylation sites (tertiary alicyclic amines) is 1. The van der Waals surface area contributed by atoms with Crippen LogP contribution in [0, 0.1) is 17.7 Å². The normalized spacial score (nSPS) is 18.9. The molecule has 3 rings (SSSR count). The van der Waals surface area contributed by atoms with Crippen molar-refractivity contribution in [1.82, 2.24) is 4.90 Å². The van der Waals surface area contributed by atoms with Crippen molar-refractivity contribution in [3.05, 3.63) is 71.5 Å². The van der Waals surface area contributed by atoms with Crippen LogP contribution in [0.3, 0.4) is 0 Å². The number of amides is 1. The molecular formula is C21H26ClFN2O. The minimum atomic E-state index is -0.287. The van der Waals surface area contributed by atoms with E-state index in [9.17, 15) is 9.18 Å². The fourth-order valence-electron chi connectivity index (χ4n) is 3.56. The molecule has 2 aromatic rings. The Hall–Kier alpha value is -1.91. The van der Waals surface area contributed by atoms with Crippen LogP contribution in [0.2, 0.25) is 0 Å². The van der Waals surface area contributed by atoms with E-state index in [0.717, 1.165) is 37.1 Å². The van der Waals surface area contributed by atoms with Gasteiger partial charge in [-0.25, -0.2) is 4.39 Å². The van der Waals surface area contributed by atoms with Crippen LogP contribution < -0.4 is 5.73 Å². The second-order valence-corrected chi connectivity index (χ2v) is 6.99. The summed E-state index contributed by atoms with van der Waals surface area (Å²) in [6.45, 7) is 3.44. The molecule has 26 heavy (non-hydrogen) atoms. The lowest BCUT2D eigenvalue weighted by Gasteiger charge is -2.25. The standard InChI is InChI=1S/C21H25FN2O.ClH/c1-15(20(23)18-5-3-2-4-6-18)21(25)24-12-11-17(14-24)13-16-7-9-19(22)10-8-16;/h2-10,15,17,20H,11-14,23H2,1H3;1H. The zero-order valence-electron chi connectivity index (χ0n) is 15.0. The van der Waals surface area contributed by atoms with Crippen LogP contribution >= 0.6 is 12.4 Å². The van der Waals surface area contributed by atoms with Crippen LogP contribution in [-0.4, -0.2) is 23.9 Å². The Balaban J connectivity index is 0.00000243. The maximum absolute atomic E-state index is 13.0. The van der Waals surface area contributed by atoms with Gasteiger partial charge in [-0.05, 0) is 42.0 Å². The minimum absolute atomic E-state index is 0. The van der Waals surface area contributed by atoms with Crippen LogP contribution in [0.25, 0.3) is 0 Å². The maximum atomic E-state index is 13.0. The predicted molar refractivity (Wildman–Crippen MR) is 105 cm³/mol. The third-order valence-corrected chi connectivity index (χ3v) is 5.15. The summed E-state index contributed by atoms with van der Waals surface area (Å²) in [5.74, 6) is 0.0928. The molecule has 0 saturated carbocycles. The van der Waals surface area contributed by atoms with E-state index in [1.54, 1.807) is 0 Å². The van der Waals surface area contributed by atoms with Gasteiger partial charge >= 0.3 is 0 Å². The first-order valence-corrected chi connectivity index (χ1v) is 8.88. The number of benzene rings is 2. The first kappa shape index (κ1) is 20.4. The number of hydrogen-bond acceptors (Lipinski definition) is 2. The van der Waals surface area contributed by atoms with Gasteiger partial charge in [-0.1, -0.05) is 49.4 Å². The number of halogens is 2. The number of nitrogens with zero attached hydrogens (tertiary/aromatic N) is 1. The monoisotopic (exact) mass is 376 g/mol. The Morgan fingerprint density at radius 3 is 2.50 bits per heavy atom. The molecule has 0 spiro atoms. The van der Waals surface area contributed by atoms with Gasteiger partial charge in [0.05, 0.1) is 5.92 Å². The van der Waals surface area contributed by atoms with Crippen molar-refractivity contribution in [2.75, 3.05) is 13.1 Å². The lowest BCUT2D eigenvalue weighted by molar-refractivity contribution is -0.134. The Labute approximate surface area is 160 Å². The van der Waals surface area contributed by atoms with Crippen LogP contribution in [0.5, 0.6) is 0 Å². The lowest BCUT2D eigenvalue weighted by atomic mass is 9.94. The molecule has 0 aromatic heterocycles. The topological polar surface area (TPSA) is 46.3 Å². The SMILES string of the molecule is CC(C(=O)N1CCC(Cc2ccc(F)cc2)C1)C(N)c1ccccc1.Cl. The van der Waals surface area contributed by atoms with Crippen LogP contribution in [-0.2, 0) is 11.2 Å². The highest BCUT2D eigenvalue weighted by Gasteiger charge is 2.31. The molecule has 2 N–H and O–H groups in total. The van der Waals surface area contributed by atoms with E-state index in [1.165, 1.54) is 12.1 Å². The molecule has 2 aromatic carbocycles. The molecule has 0 radical (unpaired) electrons. The van der Waals surface area contributed by atoms with Crippen molar-refractivity contribution < 1.29 is 9.18 Å². The van der Waals surface area contributed by atoms with Gasteiger partial charge in [-0.15, -0.1) is 12.4 Å². The van der Waals surface area contributed by atoms with Crippen LogP contribution in [0.1, 0.15) is 30.5 Å². The molecule has 0 aliphatic carbocycles. The molecule has 5 heteroatoms. The summed E-state index contributed by atoms with van der Waals surface area (Å²) >= 11 is 0. The number of carbonyl (C=O) groups excluding carboxylic acids is 1. The zero-order valence-corrected chi connectivity index (χ0v) is 15.8. The number of carbonyl (C=O) groups is 1. The lowest BCUT2D eigenvalue weighted by Crippen LogP contribution is -2.38. The van der Waals surface area contributed by atoms with Gasteiger partial charge in [-0.2, -0.15) is 0 Å². The van der Waals surface area contributed by atoms with Crippen LogP contribution in [0.15, 0.2) is 54.6 Å². The fraction of sp³-hybridized carbons (Fsp3) is 0.381. The third-order valence-electron chi connectivity index (χ3n) is 5.15. The van der Waals surface area contributed by atoms with Crippen molar-refractivity contribution >= 4 is 18.3 Å². The maximum Gasteiger partial charge on any atom is 0.227 e. The summed E-state index contributed by atoms with van der Waals surface area (Å²) in [6.07, 6.45) is 1.86. The van der Waals surface area contributed by atoms with E-state index in [1.807, 2.05) is 54.3 Å². The van der Waals surface area contributed by atoms with Gasteiger partial charge in [0.15, 0.2) is 0 Å². The van der Waals surface area contributed by atoms with Crippen molar-refractivity contribution in [3.8, 4) is 0 Å². The van der Waals surface area contributed by atoms with Gasteiger partial charge in [0.25, 0.3) is 0 Å². The molecular weight excluding hydrogens is 351 g/mol. The highest BCUT2D eigenvalue weighted by atomic mass is 35.5. The van der Waals surface area contributed by atoms with E-state index in [2.05, 4.69) is 0 Å². The highest BCUT2D eigenvalue weighted by molar-refractivity contribution is 5.85. The molecule has 1 heterocycles. The summed E-state index contributed by atoms with van der Waals surface area (Å²) in [5.41, 5.74) is 8.41. The molecule has 3 nitrogen and oxygen atoms in total. The smallest absolute Gasteiger partial charge is 0.227 e. The number of hydrogen-bond donors (Lipinski definition) is 1. The highest BCUT2D eigenvalue weighted by Crippen LogP contribution is 2.26. The van der Waals surface area contributed by atoms with Crippen molar-refractivity contribution in [1.29, 1.82) is 0 Å². The Morgan fingerprint density at radius 2 is 1.85 bits per heavy atom. The predicted octanol–water partition coefficient (Wildman–Crippen LogP) is 3.97. The molecule has 1 aliphatic heterocycles. The first-order chi connectivity index (χ1) is 12.0. The second kappa shape index (κ2) is 9.15. The molecule has 3 atom stereocenters. The number of rotatable bonds is 5. The average molecular weight is 377 g/mol. The van der Waals surface area contributed by atoms with Gasteiger partial charge in [0.2, 0.25) is 5.91 Å². The second-order valence-electron chi connectivity index (χ2n) is 6.99. The van der Waals surface area contributed by atoms with Crippen LogP contribution in [0.4, 0.5) is 4.39 Å². The Bertz CT molecular complexity index is 708. The summed E-state index contributed by atoms with van der Waals surface area (Å²) in [7, 11) is 0. The summed E-state index contributed by atoms with van der Waals surface area (Å²) in [4.78, 5) is 14.7. The third kappa shape index (κ3) is 4.83. The minimum Gasteiger partial charge on any atom is -0.342 e. The average Bonchev–Trinajstić information content (AvgIpc) is 3.11. The van der Waals surface area contributed by atoms with Crippen molar-refractivity contribution in [2.24, 2.45) is 17.6 Å². The molecule has 1 saturated heterocycles. The van der Waals surface area contributed by atoms with Crippen molar-refractivity contribution in [2.45, 2.75) is 25.8 Å². The van der Waals surface area contributed by atoms with Gasteiger partial charge in [0.1, 0.15) is 5.82 Å². The van der Waals surface area contributed by atoms with Gasteiger partial charge in [0, 0.05) is 19.1 Å². The quantitative estimate of drug-likeness (QED) is 0.858. The molecule has 1 amide bonds. The molecule has 1 aliphatic rings. The first-order valence-electron chi connectivity index (χ1n) is 8.88. The molecule has 3 unspecified atom stereocenters.